The molecule has 0 aromatic carbocycles. The molecule has 1 aromatic rings. The Hall–Kier alpha value is -0.810. The molecule has 1 heterocycles. The molecule has 17 heavy (non-hydrogen) atoms. The zero-order valence-electron chi connectivity index (χ0n) is 9.70. The van der Waals surface area contributed by atoms with Gasteiger partial charge in [-0.3, -0.25) is 4.79 Å². The summed E-state index contributed by atoms with van der Waals surface area (Å²) in [5.41, 5.74) is 0.807. The first-order valence-corrected chi connectivity index (χ1v) is 6.59. The number of furan rings is 1. The van der Waals surface area contributed by atoms with Crippen molar-refractivity contribution in [2.24, 2.45) is 5.92 Å². The highest BCUT2D eigenvalue weighted by Gasteiger charge is 2.26. The normalized spacial score (nSPS) is 23.9. The predicted octanol–water partition coefficient (Wildman–Crippen LogP) is 2.24. The van der Waals surface area contributed by atoms with Crippen molar-refractivity contribution in [2.75, 3.05) is 6.54 Å². The van der Waals surface area contributed by atoms with E-state index in [1.165, 1.54) is 0 Å². The Morgan fingerprint density at radius 3 is 2.94 bits per heavy atom. The fourth-order valence-electron chi connectivity index (χ4n) is 2.23. The average molecular weight is 302 g/mol. The second kappa shape index (κ2) is 5.23. The molecule has 0 saturated heterocycles. The zero-order valence-corrected chi connectivity index (χ0v) is 11.3. The number of halogens is 1. The van der Waals surface area contributed by atoms with Crippen LogP contribution >= 0.6 is 15.9 Å². The maximum absolute atomic E-state index is 11.8. The Morgan fingerprint density at radius 1 is 1.65 bits per heavy atom. The molecule has 2 unspecified atom stereocenters. The molecule has 1 amide bonds. The number of carbonyl (C=O) groups excluding carboxylic acids is 1. The van der Waals surface area contributed by atoms with Gasteiger partial charge >= 0.3 is 0 Å². The molecule has 2 N–H and O–H groups in total. The van der Waals surface area contributed by atoms with E-state index in [1.54, 1.807) is 6.07 Å². The minimum absolute atomic E-state index is 0.178. The van der Waals surface area contributed by atoms with Gasteiger partial charge in [0, 0.05) is 18.0 Å². The van der Waals surface area contributed by atoms with E-state index < -0.39 is 0 Å². The van der Waals surface area contributed by atoms with E-state index in [-0.39, 0.29) is 17.9 Å². The van der Waals surface area contributed by atoms with Crippen LogP contribution in [0.15, 0.2) is 15.2 Å². The Bertz CT molecular complexity index is 416. The lowest BCUT2D eigenvalue weighted by Crippen LogP contribution is -2.32. The molecule has 5 heteroatoms. The SMILES string of the molecule is Cc1cc(Br)oc1C(=O)NCC1CCCC1O. The van der Waals surface area contributed by atoms with Crippen LogP contribution in [0.2, 0.25) is 0 Å². The van der Waals surface area contributed by atoms with Crippen LogP contribution in [-0.4, -0.2) is 23.7 Å². The number of aryl methyl sites for hydroxylation is 1. The molecule has 1 aliphatic rings. The Balaban J connectivity index is 1.91. The summed E-state index contributed by atoms with van der Waals surface area (Å²) in [6, 6.07) is 1.76. The Labute approximate surface area is 109 Å². The quantitative estimate of drug-likeness (QED) is 0.900. The number of rotatable bonds is 3. The third-order valence-corrected chi connectivity index (χ3v) is 3.63. The lowest BCUT2D eigenvalue weighted by Gasteiger charge is -2.14. The third kappa shape index (κ3) is 2.90. The summed E-state index contributed by atoms with van der Waals surface area (Å²) in [6.07, 6.45) is 2.57. The van der Waals surface area contributed by atoms with Gasteiger partial charge in [-0.25, -0.2) is 0 Å². The molecule has 0 aliphatic heterocycles. The van der Waals surface area contributed by atoms with Crippen LogP contribution < -0.4 is 5.32 Å². The van der Waals surface area contributed by atoms with Crippen molar-refractivity contribution in [2.45, 2.75) is 32.3 Å². The fourth-order valence-corrected chi connectivity index (χ4v) is 2.73. The smallest absolute Gasteiger partial charge is 0.287 e. The number of aliphatic hydroxyl groups excluding tert-OH is 1. The van der Waals surface area contributed by atoms with E-state index >= 15 is 0 Å². The number of carbonyl (C=O) groups is 1. The van der Waals surface area contributed by atoms with E-state index in [0.29, 0.717) is 17.0 Å². The van der Waals surface area contributed by atoms with Gasteiger partial charge in [-0.15, -0.1) is 0 Å². The molecule has 0 spiro atoms. The maximum atomic E-state index is 11.8. The number of hydrogen-bond donors (Lipinski definition) is 2. The van der Waals surface area contributed by atoms with E-state index in [0.717, 1.165) is 24.8 Å². The van der Waals surface area contributed by atoms with Crippen LogP contribution in [0.3, 0.4) is 0 Å². The number of nitrogens with one attached hydrogen (secondary N) is 1. The van der Waals surface area contributed by atoms with Crippen molar-refractivity contribution < 1.29 is 14.3 Å². The third-order valence-electron chi connectivity index (χ3n) is 3.24. The molecular formula is C12H16BrNO3. The van der Waals surface area contributed by atoms with Gasteiger partial charge in [0.15, 0.2) is 10.4 Å². The fraction of sp³-hybridized carbons (Fsp3) is 0.583. The summed E-state index contributed by atoms with van der Waals surface area (Å²) in [4.78, 5) is 11.8. The molecular weight excluding hydrogens is 286 g/mol. The summed E-state index contributed by atoms with van der Waals surface area (Å²) in [6.45, 7) is 2.34. The van der Waals surface area contributed by atoms with E-state index in [4.69, 9.17) is 4.42 Å². The van der Waals surface area contributed by atoms with Crippen LogP contribution in [0.25, 0.3) is 0 Å². The van der Waals surface area contributed by atoms with Gasteiger partial charge in [0.2, 0.25) is 0 Å². The van der Waals surface area contributed by atoms with Gasteiger partial charge in [-0.05, 0) is 41.8 Å². The zero-order chi connectivity index (χ0) is 12.4. The number of aliphatic hydroxyl groups is 1. The topological polar surface area (TPSA) is 62.5 Å². The number of amides is 1. The molecule has 2 rings (SSSR count). The van der Waals surface area contributed by atoms with Gasteiger partial charge in [-0.2, -0.15) is 0 Å². The predicted molar refractivity (Wildman–Crippen MR) is 66.8 cm³/mol. The van der Waals surface area contributed by atoms with Crippen LogP contribution in [-0.2, 0) is 0 Å². The molecule has 94 valence electrons. The van der Waals surface area contributed by atoms with Crippen molar-refractivity contribution in [3.05, 3.63) is 22.1 Å². The summed E-state index contributed by atoms with van der Waals surface area (Å²) in [5.74, 6) is 0.300. The van der Waals surface area contributed by atoms with Crippen LogP contribution in [0.5, 0.6) is 0 Å². The van der Waals surface area contributed by atoms with Gasteiger partial charge in [0.05, 0.1) is 6.10 Å². The molecule has 0 radical (unpaired) electrons. The molecule has 1 aliphatic carbocycles. The Morgan fingerprint density at radius 2 is 2.41 bits per heavy atom. The van der Waals surface area contributed by atoms with Crippen LogP contribution in [0, 0.1) is 12.8 Å². The molecule has 1 aromatic heterocycles. The minimum Gasteiger partial charge on any atom is -0.444 e. The summed E-state index contributed by atoms with van der Waals surface area (Å²) < 4.78 is 5.82. The lowest BCUT2D eigenvalue weighted by atomic mass is 10.1. The average Bonchev–Trinajstić information content (AvgIpc) is 2.81. The van der Waals surface area contributed by atoms with Gasteiger partial charge in [0.1, 0.15) is 0 Å². The van der Waals surface area contributed by atoms with Crippen molar-refractivity contribution in [1.82, 2.24) is 5.32 Å². The van der Waals surface area contributed by atoms with Crippen molar-refractivity contribution >= 4 is 21.8 Å². The van der Waals surface area contributed by atoms with Crippen LogP contribution in [0.1, 0.15) is 35.4 Å². The Kier molecular flexibility index (Phi) is 3.89. The van der Waals surface area contributed by atoms with E-state index in [2.05, 4.69) is 21.2 Å². The molecule has 1 fully saturated rings. The minimum atomic E-state index is -0.278. The first-order chi connectivity index (χ1) is 8.08. The summed E-state index contributed by atoms with van der Waals surface area (Å²) in [5, 5.41) is 12.5. The highest BCUT2D eigenvalue weighted by Crippen LogP contribution is 2.25. The van der Waals surface area contributed by atoms with Crippen LogP contribution in [0.4, 0.5) is 0 Å². The second-order valence-electron chi connectivity index (χ2n) is 4.53. The first-order valence-electron chi connectivity index (χ1n) is 5.80. The second-order valence-corrected chi connectivity index (χ2v) is 5.31. The molecule has 0 bridgehead atoms. The number of hydrogen-bond acceptors (Lipinski definition) is 3. The van der Waals surface area contributed by atoms with Gasteiger partial charge in [0.25, 0.3) is 5.91 Å². The lowest BCUT2D eigenvalue weighted by molar-refractivity contribution is 0.0888. The van der Waals surface area contributed by atoms with Crippen molar-refractivity contribution in [1.29, 1.82) is 0 Å². The van der Waals surface area contributed by atoms with Crippen molar-refractivity contribution in [3.63, 3.8) is 0 Å². The molecule has 2 atom stereocenters. The summed E-state index contributed by atoms with van der Waals surface area (Å²) >= 11 is 3.19. The summed E-state index contributed by atoms with van der Waals surface area (Å²) in [7, 11) is 0. The van der Waals surface area contributed by atoms with E-state index in [9.17, 15) is 9.90 Å². The first kappa shape index (κ1) is 12.6. The maximum Gasteiger partial charge on any atom is 0.287 e. The molecule has 4 nitrogen and oxygen atoms in total. The largest absolute Gasteiger partial charge is 0.444 e. The molecule has 1 saturated carbocycles. The van der Waals surface area contributed by atoms with E-state index in [1.807, 2.05) is 6.92 Å². The van der Waals surface area contributed by atoms with Gasteiger partial charge in [-0.1, -0.05) is 6.42 Å². The standard InChI is InChI=1S/C12H16BrNO3/c1-7-5-10(13)17-11(7)12(16)14-6-8-3-2-4-9(8)15/h5,8-9,15H,2-4,6H2,1H3,(H,14,16). The highest BCUT2D eigenvalue weighted by molar-refractivity contribution is 9.10. The van der Waals surface area contributed by atoms with Gasteiger partial charge < -0.3 is 14.8 Å². The highest BCUT2D eigenvalue weighted by atomic mass is 79.9. The monoisotopic (exact) mass is 301 g/mol. The van der Waals surface area contributed by atoms with Crippen molar-refractivity contribution in [3.8, 4) is 0 Å².